The van der Waals surface area contributed by atoms with Gasteiger partial charge in [-0.2, -0.15) is 0 Å². The van der Waals surface area contributed by atoms with Gasteiger partial charge in [0, 0.05) is 46.6 Å². The molecule has 0 atom stereocenters. The summed E-state index contributed by atoms with van der Waals surface area (Å²) in [6.07, 6.45) is 6.88. The number of piperidine rings is 2. The number of urea groups is 2. The standard InChI is InChI=1S/C37H58N6O2/c1-34(2)22-28(23-35(3,4)40-34)17-19-42(32(38)44)30-13-9-26(10-14-30)21-27-11-15-31(16-12-27)43(33(39)45)20-18-29-24-36(5,6)41-37(7,8)25-29/h9-16,28-29,40-41H,17-25H2,1-8H3,(H2,38,44)(H2,39,45). The molecule has 248 valence electrons. The average Bonchev–Trinajstić information content (AvgIpc) is 2.87. The first kappa shape index (κ1) is 34.8. The Bertz CT molecular complexity index is 1180. The van der Waals surface area contributed by atoms with Crippen LogP contribution in [0.5, 0.6) is 0 Å². The molecule has 2 aliphatic heterocycles. The van der Waals surface area contributed by atoms with Crippen molar-refractivity contribution in [2.75, 3.05) is 22.9 Å². The lowest BCUT2D eigenvalue weighted by Gasteiger charge is -2.47. The second kappa shape index (κ2) is 13.3. The number of hydrogen-bond acceptors (Lipinski definition) is 4. The van der Waals surface area contributed by atoms with Crippen LogP contribution in [0.2, 0.25) is 0 Å². The van der Waals surface area contributed by atoms with Gasteiger partial charge in [-0.15, -0.1) is 0 Å². The van der Waals surface area contributed by atoms with Crippen LogP contribution in [0.15, 0.2) is 48.5 Å². The van der Waals surface area contributed by atoms with Crippen molar-refractivity contribution in [3.8, 4) is 0 Å². The molecule has 4 rings (SSSR count). The number of primary amides is 2. The molecule has 2 aromatic rings. The summed E-state index contributed by atoms with van der Waals surface area (Å²) in [4.78, 5) is 28.3. The molecule has 2 fully saturated rings. The first-order chi connectivity index (χ1) is 20.8. The minimum Gasteiger partial charge on any atom is -0.351 e. The largest absolute Gasteiger partial charge is 0.351 e. The number of rotatable bonds is 10. The number of carbonyl (C=O) groups excluding carboxylic acids is 2. The molecule has 0 radical (unpaired) electrons. The smallest absolute Gasteiger partial charge is 0.319 e. The molecule has 2 saturated heterocycles. The third-order valence-corrected chi connectivity index (χ3v) is 9.51. The van der Waals surface area contributed by atoms with E-state index < -0.39 is 12.1 Å². The van der Waals surface area contributed by atoms with Gasteiger partial charge in [0.25, 0.3) is 0 Å². The number of carbonyl (C=O) groups is 2. The SMILES string of the molecule is CC1(C)CC(CCN(C(N)=O)c2ccc(Cc3ccc(N(CCC4CC(C)(C)NC(C)(C)C4)C(N)=O)cc3)cc2)CC(C)(C)N1. The zero-order chi connectivity index (χ0) is 33.2. The first-order valence-corrected chi connectivity index (χ1v) is 16.7. The summed E-state index contributed by atoms with van der Waals surface area (Å²) in [5.74, 6) is 1.05. The van der Waals surface area contributed by atoms with Crippen molar-refractivity contribution in [3.05, 3.63) is 59.7 Å². The van der Waals surface area contributed by atoms with E-state index in [0.717, 1.165) is 67.4 Å². The lowest BCUT2D eigenvalue weighted by atomic mass is 9.74. The Hall–Kier alpha value is -3.10. The zero-order valence-electron chi connectivity index (χ0n) is 29.0. The Labute approximate surface area is 271 Å². The van der Waals surface area contributed by atoms with Gasteiger partial charge in [-0.1, -0.05) is 24.3 Å². The summed E-state index contributed by atoms with van der Waals surface area (Å²) in [6, 6.07) is 15.4. The Balaban J connectivity index is 1.35. The van der Waals surface area contributed by atoms with Crippen LogP contribution in [0, 0.1) is 11.8 Å². The molecule has 2 aliphatic rings. The predicted molar refractivity (Wildman–Crippen MR) is 187 cm³/mol. The molecule has 0 bridgehead atoms. The monoisotopic (exact) mass is 618 g/mol. The van der Waals surface area contributed by atoms with E-state index in [-0.39, 0.29) is 22.2 Å². The first-order valence-electron chi connectivity index (χ1n) is 16.7. The van der Waals surface area contributed by atoms with Crippen molar-refractivity contribution in [2.24, 2.45) is 23.3 Å². The van der Waals surface area contributed by atoms with Gasteiger partial charge in [-0.25, -0.2) is 9.59 Å². The average molecular weight is 619 g/mol. The minimum absolute atomic E-state index is 0.0731. The molecule has 8 heteroatoms. The third-order valence-electron chi connectivity index (χ3n) is 9.51. The minimum atomic E-state index is -0.419. The highest BCUT2D eigenvalue weighted by Crippen LogP contribution is 2.36. The molecule has 0 saturated carbocycles. The second-order valence-electron chi connectivity index (χ2n) is 16.4. The van der Waals surface area contributed by atoms with Crippen LogP contribution >= 0.6 is 0 Å². The van der Waals surface area contributed by atoms with E-state index in [1.165, 1.54) is 0 Å². The van der Waals surface area contributed by atoms with E-state index in [9.17, 15) is 9.59 Å². The number of nitrogens with one attached hydrogen (secondary N) is 2. The molecule has 6 N–H and O–H groups in total. The molecule has 4 amide bonds. The number of nitrogens with two attached hydrogens (primary N) is 2. The van der Waals surface area contributed by atoms with Crippen LogP contribution < -0.4 is 31.9 Å². The predicted octanol–water partition coefficient (Wildman–Crippen LogP) is 6.94. The molecule has 0 spiro atoms. The van der Waals surface area contributed by atoms with Gasteiger partial charge in [0.05, 0.1) is 0 Å². The Kier molecular flexibility index (Phi) is 10.3. The quantitative estimate of drug-likeness (QED) is 0.231. The van der Waals surface area contributed by atoms with Gasteiger partial charge in [-0.05, 0) is 148 Å². The molecule has 0 unspecified atom stereocenters. The molecule has 45 heavy (non-hydrogen) atoms. The summed E-state index contributed by atoms with van der Waals surface area (Å²) in [5.41, 5.74) is 15.9. The van der Waals surface area contributed by atoms with Crippen LogP contribution in [0.4, 0.5) is 21.0 Å². The van der Waals surface area contributed by atoms with Crippen molar-refractivity contribution >= 4 is 23.4 Å². The van der Waals surface area contributed by atoms with Crippen molar-refractivity contribution in [2.45, 2.75) is 122 Å². The number of nitrogens with zero attached hydrogens (tertiary/aromatic N) is 2. The molecule has 0 aromatic heterocycles. The third kappa shape index (κ3) is 9.94. The summed E-state index contributed by atoms with van der Waals surface area (Å²) in [5, 5.41) is 7.47. The van der Waals surface area contributed by atoms with Gasteiger partial charge in [0.15, 0.2) is 0 Å². The molecule has 0 aliphatic carbocycles. The van der Waals surface area contributed by atoms with Crippen LogP contribution in [-0.2, 0) is 6.42 Å². The molecule has 8 nitrogen and oxygen atoms in total. The van der Waals surface area contributed by atoms with Crippen molar-refractivity contribution < 1.29 is 9.59 Å². The highest BCUT2D eigenvalue weighted by molar-refractivity contribution is 5.91. The maximum absolute atomic E-state index is 12.4. The highest BCUT2D eigenvalue weighted by atomic mass is 16.2. The fourth-order valence-electron chi connectivity index (χ4n) is 8.66. The molecular formula is C37H58N6O2. The van der Waals surface area contributed by atoms with Crippen molar-refractivity contribution in [3.63, 3.8) is 0 Å². The number of anilines is 2. The molecule has 2 heterocycles. The van der Waals surface area contributed by atoms with Gasteiger partial charge in [0.2, 0.25) is 0 Å². The summed E-state index contributed by atoms with van der Waals surface area (Å²) < 4.78 is 0. The van der Waals surface area contributed by atoms with E-state index in [2.05, 4.69) is 90.3 Å². The Morgan fingerprint density at radius 3 is 1.16 bits per heavy atom. The number of amides is 4. The van der Waals surface area contributed by atoms with Crippen LogP contribution in [0.3, 0.4) is 0 Å². The number of hydrogen-bond donors (Lipinski definition) is 4. The topological polar surface area (TPSA) is 117 Å². The summed E-state index contributed by atoms with van der Waals surface area (Å²) in [6.45, 7) is 19.2. The lowest BCUT2D eigenvalue weighted by molar-refractivity contribution is 0.124. The van der Waals surface area contributed by atoms with Gasteiger partial charge in [0.1, 0.15) is 0 Å². The fourth-order valence-corrected chi connectivity index (χ4v) is 8.66. The highest BCUT2D eigenvalue weighted by Gasteiger charge is 2.38. The van der Waals surface area contributed by atoms with E-state index >= 15 is 0 Å². The van der Waals surface area contributed by atoms with Crippen molar-refractivity contribution in [1.29, 1.82) is 0 Å². The normalized spacial score (nSPS) is 20.8. The summed E-state index contributed by atoms with van der Waals surface area (Å²) in [7, 11) is 0. The van der Waals surface area contributed by atoms with Gasteiger partial charge >= 0.3 is 12.1 Å². The van der Waals surface area contributed by atoms with Crippen LogP contribution in [0.25, 0.3) is 0 Å². The second-order valence-corrected chi connectivity index (χ2v) is 16.4. The van der Waals surface area contributed by atoms with Gasteiger partial charge < -0.3 is 22.1 Å². The van der Waals surface area contributed by atoms with Crippen LogP contribution in [-0.4, -0.2) is 47.3 Å². The van der Waals surface area contributed by atoms with Gasteiger partial charge in [-0.3, -0.25) is 9.80 Å². The van der Waals surface area contributed by atoms with Crippen LogP contribution in [0.1, 0.15) is 105 Å². The maximum atomic E-state index is 12.4. The van der Waals surface area contributed by atoms with E-state index in [1.54, 1.807) is 9.80 Å². The fraction of sp³-hybridized carbons (Fsp3) is 0.622. The summed E-state index contributed by atoms with van der Waals surface area (Å²) >= 11 is 0. The lowest BCUT2D eigenvalue weighted by Crippen LogP contribution is -2.58. The maximum Gasteiger partial charge on any atom is 0.319 e. The van der Waals surface area contributed by atoms with E-state index in [4.69, 9.17) is 11.5 Å². The van der Waals surface area contributed by atoms with E-state index in [0.29, 0.717) is 24.9 Å². The zero-order valence-corrected chi connectivity index (χ0v) is 29.0. The Morgan fingerprint density at radius 2 is 0.889 bits per heavy atom. The van der Waals surface area contributed by atoms with Crippen molar-refractivity contribution in [1.82, 2.24) is 10.6 Å². The molecular weight excluding hydrogens is 560 g/mol. The Morgan fingerprint density at radius 1 is 0.600 bits per heavy atom. The van der Waals surface area contributed by atoms with E-state index in [1.807, 2.05) is 24.3 Å². The molecule has 2 aromatic carbocycles. The number of benzene rings is 2.